The highest BCUT2D eigenvalue weighted by Crippen LogP contribution is 2.31. The van der Waals surface area contributed by atoms with Gasteiger partial charge in [-0.1, -0.05) is 61.9 Å². The number of hydrogen-bond acceptors (Lipinski definition) is 1. The van der Waals surface area contributed by atoms with Gasteiger partial charge in [0, 0.05) is 11.8 Å². The Morgan fingerprint density at radius 2 is 1.58 bits per heavy atom. The summed E-state index contributed by atoms with van der Waals surface area (Å²) < 4.78 is 0. The van der Waals surface area contributed by atoms with E-state index in [1.807, 2.05) is 12.1 Å². The zero-order valence-electron chi connectivity index (χ0n) is 11.1. The molecule has 3 rings (SSSR count). The van der Waals surface area contributed by atoms with Crippen molar-refractivity contribution in [2.45, 2.75) is 19.8 Å². The zero-order valence-corrected chi connectivity index (χ0v) is 11.1. The molecule has 0 spiro atoms. The lowest BCUT2D eigenvalue weighted by Gasteiger charge is -2.11. The minimum atomic E-state index is 1.01. The van der Waals surface area contributed by atoms with Crippen molar-refractivity contribution in [3.8, 4) is 0 Å². The highest BCUT2D eigenvalue weighted by atomic mass is 14.3. The molecule has 0 atom stereocenters. The predicted octanol–water partition coefficient (Wildman–Crippen LogP) is 4.94. The highest BCUT2D eigenvalue weighted by molar-refractivity contribution is 6.15. The van der Waals surface area contributed by atoms with Gasteiger partial charge in [-0.25, -0.2) is 0 Å². The SMILES string of the molecule is CCCc1cccc2ccc3cccc(C=N)c3c12. The first-order valence-electron chi connectivity index (χ1n) is 6.79. The number of nitrogens with one attached hydrogen (secondary N) is 1. The lowest BCUT2D eigenvalue weighted by Crippen LogP contribution is -1.91. The van der Waals surface area contributed by atoms with E-state index >= 15 is 0 Å². The first-order chi connectivity index (χ1) is 9.35. The van der Waals surface area contributed by atoms with Gasteiger partial charge in [-0.3, -0.25) is 0 Å². The Balaban J connectivity index is 2.52. The molecule has 0 aliphatic carbocycles. The maximum atomic E-state index is 7.65. The van der Waals surface area contributed by atoms with Crippen LogP contribution in [0.1, 0.15) is 24.5 Å². The number of benzene rings is 3. The number of fused-ring (bicyclic) bond motifs is 3. The lowest BCUT2D eigenvalue weighted by atomic mass is 9.93. The summed E-state index contributed by atoms with van der Waals surface area (Å²) in [5.41, 5.74) is 2.39. The molecule has 3 aromatic carbocycles. The fourth-order valence-corrected chi connectivity index (χ4v) is 2.86. The van der Waals surface area contributed by atoms with Crippen LogP contribution in [0.25, 0.3) is 21.5 Å². The van der Waals surface area contributed by atoms with Crippen LogP contribution in [0.3, 0.4) is 0 Å². The Bertz CT molecular complexity index is 756. The van der Waals surface area contributed by atoms with Crippen LogP contribution in [-0.2, 0) is 6.42 Å². The van der Waals surface area contributed by atoms with Crippen LogP contribution in [0.4, 0.5) is 0 Å². The standard InChI is InChI=1S/C18H17N/c1-2-5-13-6-3-7-14-10-11-15-8-4-9-16(12-19)18(15)17(13)14/h3-4,6-12,19H,2,5H2,1H3. The minimum absolute atomic E-state index is 1.01. The topological polar surface area (TPSA) is 23.9 Å². The van der Waals surface area contributed by atoms with Crippen LogP contribution >= 0.6 is 0 Å². The molecule has 0 saturated carbocycles. The molecule has 94 valence electrons. The Hall–Kier alpha value is -2.15. The maximum absolute atomic E-state index is 7.65. The van der Waals surface area contributed by atoms with E-state index in [1.165, 1.54) is 33.3 Å². The van der Waals surface area contributed by atoms with Gasteiger partial charge in [0.2, 0.25) is 0 Å². The monoisotopic (exact) mass is 247 g/mol. The van der Waals surface area contributed by atoms with Gasteiger partial charge in [-0.05, 0) is 33.5 Å². The van der Waals surface area contributed by atoms with Crippen molar-refractivity contribution in [1.82, 2.24) is 0 Å². The quantitative estimate of drug-likeness (QED) is 0.500. The second-order valence-electron chi connectivity index (χ2n) is 4.92. The molecule has 1 N–H and O–H groups in total. The van der Waals surface area contributed by atoms with Crippen molar-refractivity contribution >= 4 is 27.8 Å². The van der Waals surface area contributed by atoms with Crippen molar-refractivity contribution in [1.29, 1.82) is 5.41 Å². The molecule has 0 radical (unpaired) electrons. The molecule has 0 bridgehead atoms. The van der Waals surface area contributed by atoms with E-state index in [2.05, 4.69) is 43.3 Å². The van der Waals surface area contributed by atoms with Gasteiger partial charge in [-0.2, -0.15) is 0 Å². The lowest BCUT2D eigenvalue weighted by molar-refractivity contribution is 0.930. The molecule has 1 heteroatoms. The number of rotatable bonds is 3. The fourth-order valence-electron chi connectivity index (χ4n) is 2.86. The Kier molecular flexibility index (Phi) is 3.04. The minimum Gasteiger partial charge on any atom is -0.308 e. The van der Waals surface area contributed by atoms with Crippen LogP contribution in [0.15, 0.2) is 48.5 Å². The van der Waals surface area contributed by atoms with E-state index in [4.69, 9.17) is 5.41 Å². The van der Waals surface area contributed by atoms with Crippen LogP contribution in [0, 0.1) is 5.41 Å². The number of hydrogen-bond donors (Lipinski definition) is 1. The third-order valence-corrected chi connectivity index (χ3v) is 3.68. The molecule has 0 aliphatic heterocycles. The molecule has 3 aromatic rings. The van der Waals surface area contributed by atoms with Crippen molar-refractivity contribution in [2.24, 2.45) is 0 Å². The molecule has 0 saturated heterocycles. The van der Waals surface area contributed by atoms with Crippen LogP contribution in [-0.4, -0.2) is 6.21 Å². The second-order valence-corrected chi connectivity index (χ2v) is 4.92. The molecule has 0 unspecified atom stereocenters. The van der Waals surface area contributed by atoms with Gasteiger partial charge in [-0.15, -0.1) is 0 Å². The molecule has 0 aromatic heterocycles. The summed E-state index contributed by atoms with van der Waals surface area (Å²) in [4.78, 5) is 0. The largest absolute Gasteiger partial charge is 0.308 e. The average molecular weight is 247 g/mol. The van der Waals surface area contributed by atoms with Gasteiger partial charge in [0.15, 0.2) is 0 Å². The van der Waals surface area contributed by atoms with Crippen LogP contribution < -0.4 is 0 Å². The summed E-state index contributed by atoms with van der Waals surface area (Å²) >= 11 is 0. The van der Waals surface area contributed by atoms with Crippen molar-refractivity contribution in [3.05, 3.63) is 59.7 Å². The van der Waals surface area contributed by atoms with Crippen molar-refractivity contribution in [3.63, 3.8) is 0 Å². The van der Waals surface area contributed by atoms with Gasteiger partial charge < -0.3 is 5.41 Å². The molecule has 0 aliphatic rings. The van der Waals surface area contributed by atoms with E-state index in [1.54, 1.807) is 0 Å². The summed E-state index contributed by atoms with van der Waals surface area (Å²) in [6.07, 6.45) is 3.69. The van der Waals surface area contributed by atoms with E-state index in [9.17, 15) is 0 Å². The fraction of sp³-hybridized carbons (Fsp3) is 0.167. The van der Waals surface area contributed by atoms with Crippen LogP contribution in [0.2, 0.25) is 0 Å². The van der Waals surface area contributed by atoms with Gasteiger partial charge in [0.1, 0.15) is 0 Å². The molecule has 0 fully saturated rings. The third-order valence-electron chi connectivity index (χ3n) is 3.68. The second kappa shape index (κ2) is 4.85. The molecule has 0 heterocycles. The van der Waals surface area contributed by atoms with E-state index in [-0.39, 0.29) is 0 Å². The van der Waals surface area contributed by atoms with E-state index in [0.717, 1.165) is 18.4 Å². The van der Waals surface area contributed by atoms with Gasteiger partial charge >= 0.3 is 0 Å². The summed E-state index contributed by atoms with van der Waals surface area (Å²) in [5, 5.41) is 12.7. The zero-order chi connectivity index (χ0) is 13.2. The summed E-state index contributed by atoms with van der Waals surface area (Å²) in [7, 11) is 0. The Morgan fingerprint density at radius 3 is 2.26 bits per heavy atom. The Morgan fingerprint density at radius 1 is 0.895 bits per heavy atom. The highest BCUT2D eigenvalue weighted by Gasteiger charge is 2.07. The predicted molar refractivity (Wildman–Crippen MR) is 83.3 cm³/mol. The molecular formula is C18H17N. The molecule has 0 amide bonds. The van der Waals surface area contributed by atoms with Crippen molar-refractivity contribution in [2.75, 3.05) is 0 Å². The van der Waals surface area contributed by atoms with Crippen molar-refractivity contribution < 1.29 is 0 Å². The summed E-state index contributed by atoms with van der Waals surface area (Å²) in [6, 6.07) is 17.0. The Labute approximate surface area is 113 Å². The number of aryl methyl sites for hydroxylation is 1. The van der Waals surface area contributed by atoms with E-state index < -0.39 is 0 Å². The van der Waals surface area contributed by atoms with Gasteiger partial charge in [0.05, 0.1) is 0 Å². The van der Waals surface area contributed by atoms with Gasteiger partial charge in [0.25, 0.3) is 0 Å². The molecular weight excluding hydrogens is 230 g/mol. The smallest absolute Gasteiger partial charge is 0.0256 e. The normalized spacial score (nSPS) is 11.0. The van der Waals surface area contributed by atoms with Crippen LogP contribution in [0.5, 0.6) is 0 Å². The maximum Gasteiger partial charge on any atom is 0.0256 e. The first-order valence-corrected chi connectivity index (χ1v) is 6.79. The third kappa shape index (κ3) is 1.91. The average Bonchev–Trinajstić information content (AvgIpc) is 2.46. The first kappa shape index (κ1) is 11.9. The summed E-state index contributed by atoms with van der Waals surface area (Å²) in [6.45, 7) is 2.21. The summed E-state index contributed by atoms with van der Waals surface area (Å²) in [5.74, 6) is 0. The molecule has 1 nitrogen and oxygen atoms in total. The van der Waals surface area contributed by atoms with E-state index in [0.29, 0.717) is 0 Å². The molecule has 19 heavy (non-hydrogen) atoms.